The first kappa shape index (κ1) is 19.9. The van der Waals surface area contributed by atoms with Gasteiger partial charge in [-0.15, -0.1) is 0 Å². The molecule has 2 aliphatic carbocycles. The fraction of sp³-hybridized carbons (Fsp3) is 0.458. The van der Waals surface area contributed by atoms with Crippen LogP contribution in [-0.4, -0.2) is 42.3 Å². The van der Waals surface area contributed by atoms with Crippen LogP contribution in [0.3, 0.4) is 0 Å². The number of aliphatic hydroxyl groups is 1. The lowest BCUT2D eigenvalue weighted by molar-refractivity contribution is -0.124. The van der Waals surface area contributed by atoms with Crippen LogP contribution in [0, 0.1) is 11.3 Å². The number of ether oxygens (including phenoxy) is 2. The number of nitrogens with zero attached hydrogens (tertiary/aromatic N) is 1. The molecule has 4 rings (SSSR count). The predicted octanol–water partition coefficient (Wildman–Crippen LogP) is 3.60. The molecule has 1 N–H and O–H groups in total. The van der Waals surface area contributed by atoms with Crippen LogP contribution in [0.2, 0.25) is 0 Å². The second kappa shape index (κ2) is 7.15. The van der Waals surface area contributed by atoms with E-state index in [-0.39, 0.29) is 23.3 Å². The Morgan fingerprint density at radius 2 is 1.93 bits per heavy atom. The highest BCUT2D eigenvalue weighted by Gasteiger charge is 2.49. The van der Waals surface area contributed by atoms with Gasteiger partial charge in [-0.3, -0.25) is 4.79 Å². The van der Waals surface area contributed by atoms with Crippen molar-refractivity contribution in [3.05, 3.63) is 64.4 Å². The minimum Gasteiger partial charge on any atom is -0.497 e. The van der Waals surface area contributed by atoms with E-state index in [1.807, 2.05) is 42.2 Å². The molecule has 0 saturated carbocycles. The summed E-state index contributed by atoms with van der Waals surface area (Å²) < 4.78 is 10.7. The molecule has 0 fully saturated rings. The molecule has 0 radical (unpaired) electrons. The smallest absolute Gasteiger partial charge is 0.254 e. The molecule has 1 aliphatic heterocycles. The predicted molar refractivity (Wildman–Crippen MR) is 111 cm³/mol. The normalized spacial score (nSPS) is 31.3. The maximum Gasteiger partial charge on any atom is 0.254 e. The summed E-state index contributed by atoms with van der Waals surface area (Å²) in [5.41, 5.74) is 4.86. The van der Waals surface area contributed by atoms with Crippen molar-refractivity contribution in [3.8, 4) is 5.75 Å². The zero-order chi connectivity index (χ0) is 20.9. The number of amides is 1. The van der Waals surface area contributed by atoms with Crippen LogP contribution in [0.25, 0.3) is 0 Å². The molecule has 0 saturated heterocycles. The molecule has 0 spiro atoms. The second-order valence-corrected chi connectivity index (χ2v) is 8.57. The minimum atomic E-state index is -0.558. The first-order chi connectivity index (χ1) is 13.8. The molecule has 1 aromatic rings. The largest absolute Gasteiger partial charge is 0.497 e. The number of hydrogen-bond acceptors (Lipinski definition) is 4. The number of allylic oxidation sites excluding steroid dienone is 3. The van der Waals surface area contributed by atoms with E-state index in [2.05, 4.69) is 19.9 Å². The van der Waals surface area contributed by atoms with Crippen LogP contribution in [-0.2, 0) is 16.1 Å². The molecule has 1 heterocycles. The number of fused-ring (bicyclic) bond motifs is 2. The number of aliphatic hydroxyl groups excluding tert-OH is 1. The van der Waals surface area contributed by atoms with E-state index >= 15 is 0 Å². The number of rotatable bonds is 4. The Morgan fingerprint density at radius 3 is 2.55 bits per heavy atom. The summed E-state index contributed by atoms with van der Waals surface area (Å²) in [5.74, 6) is 0.882. The van der Waals surface area contributed by atoms with Gasteiger partial charge >= 0.3 is 0 Å². The molecule has 5 nitrogen and oxygen atoms in total. The van der Waals surface area contributed by atoms with Crippen LogP contribution < -0.4 is 4.74 Å². The summed E-state index contributed by atoms with van der Waals surface area (Å²) in [5, 5.41) is 10.7. The first-order valence-corrected chi connectivity index (χ1v) is 10.1. The highest BCUT2D eigenvalue weighted by molar-refractivity contribution is 6.00. The van der Waals surface area contributed by atoms with E-state index in [9.17, 15) is 9.90 Å². The molecular weight excluding hydrogens is 366 g/mol. The van der Waals surface area contributed by atoms with Crippen molar-refractivity contribution in [1.29, 1.82) is 0 Å². The van der Waals surface area contributed by atoms with Gasteiger partial charge in [0, 0.05) is 23.8 Å². The first-order valence-electron chi connectivity index (χ1n) is 10.1. The molecule has 0 aromatic heterocycles. The van der Waals surface area contributed by atoms with E-state index < -0.39 is 6.10 Å². The standard InChI is InChI=1S/C24H29NO4/c1-14-19-12-24(3)15(2)22(26)21(29-5)11-17(24)10-20(19)25(23(14)27)13-16-6-8-18(28-4)9-7-16/h6-11,15,21-22,26H,12-13H2,1-5H3/t15-,21+,22+,24+/m0/s1. The fourth-order valence-electron chi connectivity index (χ4n) is 4.84. The van der Waals surface area contributed by atoms with Crippen molar-refractivity contribution >= 4 is 5.91 Å². The molecule has 1 aromatic carbocycles. The van der Waals surface area contributed by atoms with Gasteiger partial charge in [-0.2, -0.15) is 0 Å². The molecule has 0 unspecified atom stereocenters. The molecule has 0 bridgehead atoms. The molecular formula is C24H29NO4. The van der Waals surface area contributed by atoms with E-state index in [1.54, 1.807) is 14.2 Å². The van der Waals surface area contributed by atoms with Crippen LogP contribution in [0.5, 0.6) is 5.75 Å². The van der Waals surface area contributed by atoms with Crippen molar-refractivity contribution in [2.75, 3.05) is 14.2 Å². The third-order valence-electron chi connectivity index (χ3n) is 7.08. The van der Waals surface area contributed by atoms with Gasteiger partial charge in [-0.1, -0.05) is 26.0 Å². The Balaban J connectivity index is 1.73. The molecule has 4 atom stereocenters. The molecule has 1 amide bonds. The summed E-state index contributed by atoms with van der Waals surface area (Å²) in [7, 11) is 3.27. The molecule has 154 valence electrons. The number of hydrogen-bond donors (Lipinski definition) is 1. The summed E-state index contributed by atoms with van der Waals surface area (Å²) in [6, 6.07) is 7.82. The van der Waals surface area contributed by atoms with Gasteiger partial charge in [-0.25, -0.2) is 0 Å². The Kier molecular flexibility index (Phi) is 4.91. The van der Waals surface area contributed by atoms with Gasteiger partial charge in [0.15, 0.2) is 0 Å². The van der Waals surface area contributed by atoms with Crippen molar-refractivity contribution < 1.29 is 19.4 Å². The number of carbonyl (C=O) groups excluding carboxylic acids is 1. The van der Waals surface area contributed by atoms with Crippen LogP contribution >= 0.6 is 0 Å². The van der Waals surface area contributed by atoms with E-state index in [1.165, 1.54) is 0 Å². The molecule has 29 heavy (non-hydrogen) atoms. The van der Waals surface area contributed by atoms with E-state index in [4.69, 9.17) is 9.47 Å². The Bertz CT molecular complexity index is 927. The van der Waals surface area contributed by atoms with Crippen molar-refractivity contribution in [1.82, 2.24) is 4.90 Å². The zero-order valence-electron chi connectivity index (χ0n) is 17.7. The van der Waals surface area contributed by atoms with Crippen LogP contribution in [0.1, 0.15) is 32.8 Å². The topological polar surface area (TPSA) is 59.0 Å². The average Bonchev–Trinajstić information content (AvgIpc) is 2.94. The monoisotopic (exact) mass is 395 g/mol. The van der Waals surface area contributed by atoms with Gasteiger partial charge in [0.05, 0.1) is 19.8 Å². The average molecular weight is 395 g/mol. The van der Waals surface area contributed by atoms with Gasteiger partial charge in [0.25, 0.3) is 5.91 Å². The number of methoxy groups -OCH3 is 2. The van der Waals surface area contributed by atoms with Gasteiger partial charge in [-0.05, 0) is 60.3 Å². The number of benzene rings is 1. The zero-order valence-corrected chi connectivity index (χ0v) is 17.7. The highest BCUT2D eigenvalue weighted by Crippen LogP contribution is 2.54. The maximum atomic E-state index is 13.1. The summed E-state index contributed by atoms with van der Waals surface area (Å²) >= 11 is 0. The minimum absolute atomic E-state index is 0.0243. The SMILES string of the molecule is COc1ccc(CN2C(=O)C(C)=C3C[C@@]4(C)C(=C[C@@H](OC)[C@H](O)[C@@H]4C)C=C32)cc1. The Morgan fingerprint density at radius 1 is 1.24 bits per heavy atom. The van der Waals surface area contributed by atoms with Gasteiger partial charge in [0.2, 0.25) is 0 Å². The molecule has 5 heteroatoms. The van der Waals surface area contributed by atoms with Crippen LogP contribution in [0.15, 0.2) is 58.8 Å². The third kappa shape index (κ3) is 3.04. The van der Waals surface area contributed by atoms with Crippen molar-refractivity contribution in [2.45, 2.75) is 45.9 Å². The number of carbonyl (C=O) groups is 1. The summed E-state index contributed by atoms with van der Waals surface area (Å²) in [4.78, 5) is 14.9. The lowest BCUT2D eigenvalue weighted by atomic mass is 9.60. The summed E-state index contributed by atoms with van der Waals surface area (Å²) in [6.07, 6.45) is 4.01. The Labute approximate surface area is 172 Å². The summed E-state index contributed by atoms with van der Waals surface area (Å²) in [6.45, 7) is 6.69. The quantitative estimate of drug-likeness (QED) is 0.846. The molecule has 3 aliphatic rings. The Hall–Kier alpha value is -2.37. The van der Waals surface area contributed by atoms with E-state index in [0.29, 0.717) is 6.54 Å². The lowest BCUT2D eigenvalue weighted by Gasteiger charge is -2.48. The highest BCUT2D eigenvalue weighted by atomic mass is 16.5. The van der Waals surface area contributed by atoms with Crippen molar-refractivity contribution in [2.24, 2.45) is 11.3 Å². The van der Waals surface area contributed by atoms with E-state index in [0.717, 1.165) is 40.2 Å². The maximum absolute atomic E-state index is 13.1. The van der Waals surface area contributed by atoms with Crippen molar-refractivity contribution in [3.63, 3.8) is 0 Å². The van der Waals surface area contributed by atoms with Gasteiger partial charge in [0.1, 0.15) is 11.9 Å². The third-order valence-corrected chi connectivity index (χ3v) is 7.08. The second-order valence-electron chi connectivity index (χ2n) is 8.57. The fourth-order valence-corrected chi connectivity index (χ4v) is 4.84. The van der Waals surface area contributed by atoms with Crippen LogP contribution in [0.4, 0.5) is 0 Å². The lowest BCUT2D eigenvalue weighted by Crippen LogP contribution is -2.47. The van der Waals surface area contributed by atoms with Gasteiger partial charge < -0.3 is 19.5 Å².